The molecule has 0 saturated carbocycles. The smallest absolute Gasteiger partial charge is 0.407 e. The molecule has 0 radical (unpaired) electrons. The van der Waals surface area contributed by atoms with E-state index in [4.69, 9.17) is 4.74 Å². The van der Waals surface area contributed by atoms with Gasteiger partial charge in [0.05, 0.1) is 17.9 Å². The number of rotatable bonds is 6. The average Bonchev–Trinajstić information content (AvgIpc) is 3.06. The Morgan fingerprint density at radius 1 is 1.22 bits per heavy atom. The van der Waals surface area contributed by atoms with Gasteiger partial charge < -0.3 is 15.4 Å². The van der Waals surface area contributed by atoms with E-state index >= 15 is 0 Å². The lowest BCUT2D eigenvalue weighted by molar-refractivity contribution is -0.118. The Bertz CT molecular complexity index is 936. The Balaban J connectivity index is 1.61. The van der Waals surface area contributed by atoms with E-state index in [-0.39, 0.29) is 24.3 Å². The van der Waals surface area contributed by atoms with Gasteiger partial charge in [-0.15, -0.1) is 0 Å². The van der Waals surface area contributed by atoms with Gasteiger partial charge in [0, 0.05) is 18.7 Å². The number of aryl methyl sites for hydroxylation is 1. The van der Waals surface area contributed by atoms with E-state index in [9.17, 15) is 14.0 Å². The van der Waals surface area contributed by atoms with Gasteiger partial charge in [-0.2, -0.15) is 5.10 Å². The number of likely N-dealkylation sites (tertiary alicyclic amines) is 1. The second-order valence-electron chi connectivity index (χ2n) is 9.11. The van der Waals surface area contributed by atoms with Crippen LogP contribution in [0.15, 0.2) is 30.3 Å². The highest BCUT2D eigenvalue weighted by molar-refractivity contribution is 5.91. The quantitative estimate of drug-likeness (QED) is 0.709. The van der Waals surface area contributed by atoms with E-state index in [1.807, 2.05) is 27.7 Å². The van der Waals surface area contributed by atoms with Gasteiger partial charge in [-0.05, 0) is 71.3 Å². The average molecular weight is 446 g/mol. The van der Waals surface area contributed by atoms with Crippen molar-refractivity contribution in [3.63, 3.8) is 0 Å². The summed E-state index contributed by atoms with van der Waals surface area (Å²) in [7, 11) is 0. The molecule has 2 N–H and O–H groups in total. The molecule has 0 aliphatic carbocycles. The number of nitrogens with one attached hydrogen (secondary N) is 2. The summed E-state index contributed by atoms with van der Waals surface area (Å²) in [4.78, 5) is 26.9. The Hall–Kier alpha value is -2.94. The van der Waals surface area contributed by atoms with Gasteiger partial charge in [-0.3, -0.25) is 9.69 Å². The number of hydrogen-bond donors (Lipinski definition) is 2. The second kappa shape index (κ2) is 10.1. The molecule has 8 nitrogen and oxygen atoms in total. The predicted molar refractivity (Wildman–Crippen MR) is 120 cm³/mol. The number of halogens is 1. The topological polar surface area (TPSA) is 88.5 Å². The summed E-state index contributed by atoms with van der Waals surface area (Å²) in [5, 5.41) is 10.2. The maximum absolute atomic E-state index is 13.3. The van der Waals surface area contributed by atoms with Crippen LogP contribution in [-0.2, 0) is 9.53 Å². The first-order valence-electron chi connectivity index (χ1n) is 10.9. The van der Waals surface area contributed by atoms with Gasteiger partial charge in [-0.25, -0.2) is 13.9 Å². The summed E-state index contributed by atoms with van der Waals surface area (Å²) in [6, 6.07) is 7.77. The molecule has 1 aliphatic rings. The van der Waals surface area contributed by atoms with Crippen LogP contribution < -0.4 is 10.6 Å². The molecule has 1 fully saturated rings. The van der Waals surface area contributed by atoms with E-state index in [1.165, 1.54) is 12.1 Å². The molecule has 1 aromatic heterocycles. The highest BCUT2D eigenvalue weighted by Gasteiger charge is 2.26. The van der Waals surface area contributed by atoms with E-state index in [0.29, 0.717) is 18.1 Å². The highest BCUT2D eigenvalue weighted by Crippen LogP contribution is 2.19. The minimum atomic E-state index is -0.554. The van der Waals surface area contributed by atoms with Gasteiger partial charge >= 0.3 is 6.09 Å². The fraction of sp³-hybridized carbons (Fsp3) is 0.522. The van der Waals surface area contributed by atoms with Crippen LogP contribution in [0.2, 0.25) is 0 Å². The maximum Gasteiger partial charge on any atom is 0.407 e. The van der Waals surface area contributed by atoms with Crippen molar-refractivity contribution in [3.05, 3.63) is 41.8 Å². The maximum atomic E-state index is 13.3. The minimum absolute atomic E-state index is 0.0609. The third kappa shape index (κ3) is 6.78. The van der Waals surface area contributed by atoms with Gasteiger partial charge in [-0.1, -0.05) is 6.42 Å². The molecule has 2 heterocycles. The molecule has 1 aliphatic heterocycles. The zero-order valence-electron chi connectivity index (χ0n) is 19.2. The first-order chi connectivity index (χ1) is 15.1. The molecule has 1 unspecified atom stereocenters. The van der Waals surface area contributed by atoms with Gasteiger partial charge in [0.15, 0.2) is 0 Å². The fourth-order valence-corrected chi connectivity index (χ4v) is 3.75. The lowest BCUT2D eigenvalue weighted by Gasteiger charge is -2.35. The Morgan fingerprint density at radius 3 is 2.62 bits per heavy atom. The number of carbonyl (C=O) groups excluding carboxylic acids is 2. The third-order valence-electron chi connectivity index (χ3n) is 5.15. The number of ether oxygens (including phenoxy) is 1. The first-order valence-corrected chi connectivity index (χ1v) is 10.9. The first kappa shape index (κ1) is 23.7. The molecule has 2 aromatic rings. The van der Waals surface area contributed by atoms with Crippen molar-refractivity contribution in [2.75, 3.05) is 25.0 Å². The van der Waals surface area contributed by atoms with Crippen molar-refractivity contribution < 1.29 is 18.7 Å². The molecule has 0 spiro atoms. The van der Waals surface area contributed by atoms with E-state index < -0.39 is 11.7 Å². The van der Waals surface area contributed by atoms with Crippen LogP contribution in [0.25, 0.3) is 5.69 Å². The van der Waals surface area contributed by atoms with Crippen LogP contribution in [0.5, 0.6) is 0 Å². The van der Waals surface area contributed by atoms with E-state index in [1.54, 1.807) is 22.9 Å². The monoisotopic (exact) mass is 445 g/mol. The number of nitrogens with zero attached hydrogens (tertiary/aromatic N) is 3. The molecular weight excluding hydrogens is 413 g/mol. The van der Waals surface area contributed by atoms with Crippen molar-refractivity contribution in [1.29, 1.82) is 0 Å². The van der Waals surface area contributed by atoms with Crippen LogP contribution in [0, 0.1) is 12.7 Å². The lowest BCUT2D eigenvalue weighted by Crippen LogP contribution is -2.49. The van der Waals surface area contributed by atoms with E-state index in [0.717, 1.165) is 31.5 Å². The summed E-state index contributed by atoms with van der Waals surface area (Å²) < 4.78 is 20.2. The molecule has 1 atom stereocenters. The largest absolute Gasteiger partial charge is 0.444 e. The Kier molecular flexibility index (Phi) is 7.50. The van der Waals surface area contributed by atoms with Crippen LogP contribution in [0.4, 0.5) is 15.0 Å². The van der Waals surface area contributed by atoms with Crippen LogP contribution >= 0.6 is 0 Å². The molecule has 0 bridgehead atoms. The Morgan fingerprint density at radius 2 is 1.94 bits per heavy atom. The lowest BCUT2D eigenvalue weighted by atomic mass is 10.0. The number of piperidine rings is 1. The van der Waals surface area contributed by atoms with Crippen molar-refractivity contribution in [3.8, 4) is 5.69 Å². The van der Waals surface area contributed by atoms with Crippen molar-refractivity contribution in [2.24, 2.45) is 0 Å². The van der Waals surface area contributed by atoms with Gasteiger partial charge in [0.25, 0.3) is 0 Å². The molecule has 32 heavy (non-hydrogen) atoms. The third-order valence-corrected chi connectivity index (χ3v) is 5.15. The summed E-state index contributed by atoms with van der Waals surface area (Å²) >= 11 is 0. The summed E-state index contributed by atoms with van der Waals surface area (Å²) in [5.41, 5.74) is 0.844. The summed E-state index contributed by atoms with van der Waals surface area (Å²) in [6.45, 7) is 8.71. The normalized spacial score (nSPS) is 17.1. The summed E-state index contributed by atoms with van der Waals surface area (Å²) in [5.74, 6) is 0.0244. The van der Waals surface area contributed by atoms with Crippen molar-refractivity contribution in [1.82, 2.24) is 20.0 Å². The zero-order chi connectivity index (χ0) is 23.3. The number of carbonyl (C=O) groups is 2. The molecule has 2 amide bonds. The minimum Gasteiger partial charge on any atom is -0.444 e. The molecule has 9 heteroatoms. The van der Waals surface area contributed by atoms with Crippen molar-refractivity contribution >= 4 is 17.8 Å². The number of alkyl carbamates (subject to hydrolysis) is 1. The molecular formula is C23H32FN5O3. The number of anilines is 1. The molecule has 1 aromatic carbocycles. The second-order valence-corrected chi connectivity index (χ2v) is 9.11. The number of amides is 2. The standard InChI is InChI=1S/C23H32FN5O3/c1-16-13-20(29(27-16)18-10-8-17(24)9-11-18)26-21(30)15-28-12-6-5-7-19(28)14-25-22(31)32-23(2,3)4/h8-11,13,19H,5-7,12,14-15H2,1-4H3,(H,25,31)(H,26,30). The van der Waals surface area contributed by atoms with Crippen LogP contribution in [0.3, 0.4) is 0 Å². The van der Waals surface area contributed by atoms with Gasteiger partial charge in [0.1, 0.15) is 17.2 Å². The summed E-state index contributed by atoms with van der Waals surface area (Å²) in [6.07, 6.45) is 2.50. The van der Waals surface area contributed by atoms with Gasteiger partial charge in [0.2, 0.25) is 5.91 Å². The van der Waals surface area contributed by atoms with E-state index in [2.05, 4.69) is 20.6 Å². The molecule has 174 valence electrons. The fourth-order valence-electron chi connectivity index (χ4n) is 3.75. The molecule has 3 rings (SSSR count). The van der Waals surface area contributed by atoms with Crippen LogP contribution in [0.1, 0.15) is 45.7 Å². The number of hydrogen-bond acceptors (Lipinski definition) is 5. The number of benzene rings is 1. The highest BCUT2D eigenvalue weighted by atomic mass is 19.1. The zero-order valence-corrected chi connectivity index (χ0v) is 19.2. The SMILES string of the molecule is Cc1cc(NC(=O)CN2CCCCC2CNC(=O)OC(C)(C)C)n(-c2ccc(F)cc2)n1. The van der Waals surface area contributed by atoms with Crippen molar-refractivity contribution in [2.45, 2.75) is 58.6 Å². The number of aromatic nitrogens is 2. The predicted octanol–water partition coefficient (Wildman–Crippen LogP) is 3.64. The van der Waals surface area contributed by atoms with Crippen LogP contribution in [-0.4, -0.2) is 58.0 Å². The Labute approximate surface area is 188 Å². The molecule has 1 saturated heterocycles.